The van der Waals surface area contributed by atoms with Gasteiger partial charge in [-0.3, -0.25) is 0 Å². The molecule has 2 atom stereocenters. The monoisotopic (exact) mass is 276 g/mol. The van der Waals surface area contributed by atoms with Gasteiger partial charge in [-0.05, 0) is 36.0 Å². The summed E-state index contributed by atoms with van der Waals surface area (Å²) in [6.07, 6.45) is 1.21. The van der Waals surface area contributed by atoms with Crippen molar-refractivity contribution in [3.8, 4) is 5.75 Å². The molecule has 1 fully saturated rings. The van der Waals surface area contributed by atoms with Crippen LogP contribution in [0.1, 0.15) is 25.8 Å². The van der Waals surface area contributed by atoms with Gasteiger partial charge in [0.05, 0.1) is 7.11 Å². The van der Waals surface area contributed by atoms with Crippen molar-refractivity contribution in [3.63, 3.8) is 0 Å². The summed E-state index contributed by atoms with van der Waals surface area (Å²) in [5.74, 6) is 2.01. The van der Waals surface area contributed by atoms with Crippen LogP contribution in [0.2, 0.25) is 0 Å². The van der Waals surface area contributed by atoms with E-state index in [1.54, 1.807) is 7.11 Å². The molecule has 2 rings (SSSR count). The van der Waals surface area contributed by atoms with Gasteiger partial charge in [0.1, 0.15) is 5.75 Å². The van der Waals surface area contributed by atoms with Crippen molar-refractivity contribution in [2.75, 3.05) is 20.2 Å². The molecular weight excluding hydrogens is 252 g/mol. The fourth-order valence-corrected chi connectivity index (χ4v) is 2.86. The maximum Gasteiger partial charge on any atom is 0.317 e. The summed E-state index contributed by atoms with van der Waals surface area (Å²) in [7, 11) is 1.65. The number of benzene rings is 1. The van der Waals surface area contributed by atoms with Crippen LogP contribution in [0.5, 0.6) is 5.75 Å². The third-order valence-corrected chi connectivity index (χ3v) is 3.76. The van der Waals surface area contributed by atoms with Gasteiger partial charge in [-0.2, -0.15) is 0 Å². The van der Waals surface area contributed by atoms with Crippen LogP contribution >= 0.6 is 0 Å². The minimum absolute atomic E-state index is 0.0409. The Bertz CT molecular complexity index is 434. The van der Waals surface area contributed by atoms with Gasteiger partial charge in [0, 0.05) is 19.6 Å². The molecule has 1 N–H and O–H groups in total. The third-order valence-electron chi connectivity index (χ3n) is 3.76. The number of hydrogen-bond acceptors (Lipinski definition) is 2. The second-order valence-electron chi connectivity index (χ2n) is 5.86. The molecule has 2 amide bonds. The van der Waals surface area contributed by atoms with Crippen LogP contribution in [0, 0.1) is 11.8 Å². The van der Waals surface area contributed by atoms with Gasteiger partial charge in [-0.1, -0.05) is 26.0 Å². The van der Waals surface area contributed by atoms with Crippen LogP contribution in [-0.2, 0) is 6.54 Å². The molecule has 0 aliphatic carbocycles. The Labute approximate surface area is 121 Å². The lowest BCUT2D eigenvalue weighted by Crippen LogP contribution is -2.47. The number of hydrogen-bond donors (Lipinski definition) is 1. The topological polar surface area (TPSA) is 41.6 Å². The van der Waals surface area contributed by atoms with Crippen LogP contribution in [0.3, 0.4) is 0 Å². The zero-order valence-electron chi connectivity index (χ0n) is 12.6. The molecule has 110 valence electrons. The lowest BCUT2D eigenvalue weighted by molar-refractivity contribution is 0.146. The highest BCUT2D eigenvalue weighted by Gasteiger charge is 2.24. The van der Waals surface area contributed by atoms with Crippen molar-refractivity contribution in [1.29, 1.82) is 0 Å². The summed E-state index contributed by atoms with van der Waals surface area (Å²) in [4.78, 5) is 14.1. The van der Waals surface area contributed by atoms with Crippen molar-refractivity contribution in [2.24, 2.45) is 11.8 Å². The minimum atomic E-state index is 0.0409. The van der Waals surface area contributed by atoms with E-state index in [0.717, 1.165) is 24.4 Å². The van der Waals surface area contributed by atoms with Gasteiger partial charge in [-0.25, -0.2) is 4.79 Å². The molecule has 4 nitrogen and oxygen atoms in total. The maximum atomic E-state index is 12.2. The van der Waals surface area contributed by atoms with E-state index in [1.165, 1.54) is 6.42 Å². The van der Waals surface area contributed by atoms with Gasteiger partial charge in [-0.15, -0.1) is 0 Å². The quantitative estimate of drug-likeness (QED) is 0.922. The van der Waals surface area contributed by atoms with E-state index in [9.17, 15) is 4.79 Å². The van der Waals surface area contributed by atoms with E-state index in [0.29, 0.717) is 18.4 Å². The Morgan fingerprint density at radius 3 is 2.40 bits per heavy atom. The number of urea groups is 1. The number of carbonyl (C=O) groups excluding carboxylic acids is 1. The average Bonchev–Trinajstić information content (AvgIpc) is 2.44. The summed E-state index contributed by atoms with van der Waals surface area (Å²) < 4.78 is 5.12. The molecule has 4 heteroatoms. The minimum Gasteiger partial charge on any atom is -0.497 e. The van der Waals surface area contributed by atoms with Gasteiger partial charge in [0.25, 0.3) is 0 Å². The maximum absolute atomic E-state index is 12.2. The van der Waals surface area contributed by atoms with Gasteiger partial charge < -0.3 is 15.0 Å². The zero-order valence-corrected chi connectivity index (χ0v) is 12.6. The molecule has 1 aromatic carbocycles. The highest BCUT2D eigenvalue weighted by molar-refractivity contribution is 5.74. The summed E-state index contributed by atoms with van der Waals surface area (Å²) in [6, 6.07) is 7.81. The highest BCUT2D eigenvalue weighted by atomic mass is 16.5. The fourth-order valence-electron chi connectivity index (χ4n) is 2.86. The number of carbonyl (C=O) groups is 1. The van der Waals surface area contributed by atoms with Crippen molar-refractivity contribution in [2.45, 2.75) is 26.8 Å². The van der Waals surface area contributed by atoms with Gasteiger partial charge in [0.2, 0.25) is 0 Å². The lowest BCUT2D eigenvalue weighted by atomic mass is 9.92. The molecule has 1 aliphatic heterocycles. The Morgan fingerprint density at radius 2 is 1.85 bits per heavy atom. The first-order valence-corrected chi connectivity index (χ1v) is 7.24. The van der Waals surface area contributed by atoms with E-state index < -0.39 is 0 Å². The largest absolute Gasteiger partial charge is 0.497 e. The van der Waals surface area contributed by atoms with E-state index in [4.69, 9.17) is 4.74 Å². The SMILES string of the molecule is COc1ccc(CNC(=O)N2CC(C)CC(C)C2)cc1. The predicted octanol–water partition coefficient (Wildman–Crippen LogP) is 2.88. The van der Waals surface area contributed by atoms with E-state index in [-0.39, 0.29) is 6.03 Å². The molecule has 0 radical (unpaired) electrons. The van der Waals surface area contributed by atoms with Crippen molar-refractivity contribution < 1.29 is 9.53 Å². The molecular formula is C16H24N2O2. The second kappa shape index (κ2) is 6.64. The number of methoxy groups -OCH3 is 1. The number of likely N-dealkylation sites (tertiary alicyclic amines) is 1. The van der Waals surface area contributed by atoms with Gasteiger partial charge in [0.15, 0.2) is 0 Å². The first kappa shape index (κ1) is 14.7. The molecule has 0 aromatic heterocycles. The highest BCUT2D eigenvalue weighted by Crippen LogP contribution is 2.20. The molecule has 20 heavy (non-hydrogen) atoms. The summed E-state index contributed by atoms with van der Waals surface area (Å²) in [5, 5.41) is 2.99. The number of nitrogens with one attached hydrogen (secondary N) is 1. The smallest absolute Gasteiger partial charge is 0.317 e. The fraction of sp³-hybridized carbons (Fsp3) is 0.562. The van der Waals surface area contributed by atoms with Crippen molar-refractivity contribution >= 4 is 6.03 Å². The first-order valence-electron chi connectivity index (χ1n) is 7.24. The Kier molecular flexibility index (Phi) is 4.88. The van der Waals surface area contributed by atoms with Crippen LogP contribution < -0.4 is 10.1 Å². The lowest BCUT2D eigenvalue weighted by Gasteiger charge is -2.34. The molecule has 2 unspecified atom stereocenters. The first-order chi connectivity index (χ1) is 9.58. The number of nitrogens with zero attached hydrogens (tertiary/aromatic N) is 1. The predicted molar refractivity (Wildman–Crippen MR) is 79.7 cm³/mol. The van der Waals surface area contributed by atoms with Crippen LogP contribution in [0.15, 0.2) is 24.3 Å². The summed E-state index contributed by atoms with van der Waals surface area (Å²) in [6.45, 7) is 6.69. The standard InChI is InChI=1S/C16H24N2O2/c1-12-8-13(2)11-18(10-12)16(19)17-9-14-4-6-15(20-3)7-5-14/h4-7,12-13H,8-11H2,1-3H3,(H,17,19). The van der Waals surface area contributed by atoms with Crippen LogP contribution in [-0.4, -0.2) is 31.1 Å². The molecule has 1 saturated heterocycles. The second-order valence-corrected chi connectivity index (χ2v) is 5.86. The van der Waals surface area contributed by atoms with Crippen LogP contribution in [0.25, 0.3) is 0 Å². The molecule has 0 bridgehead atoms. The van der Waals surface area contributed by atoms with Gasteiger partial charge >= 0.3 is 6.03 Å². The normalized spacial score (nSPS) is 22.4. The summed E-state index contributed by atoms with van der Waals surface area (Å²) in [5.41, 5.74) is 1.08. The third kappa shape index (κ3) is 3.89. The Hall–Kier alpha value is -1.71. The van der Waals surface area contributed by atoms with Crippen molar-refractivity contribution in [1.82, 2.24) is 10.2 Å². The van der Waals surface area contributed by atoms with Crippen LogP contribution in [0.4, 0.5) is 4.79 Å². The van der Waals surface area contributed by atoms with E-state index in [1.807, 2.05) is 29.2 Å². The molecule has 1 heterocycles. The molecule has 1 aliphatic rings. The number of rotatable bonds is 3. The number of ether oxygens (including phenoxy) is 1. The van der Waals surface area contributed by atoms with Crippen molar-refractivity contribution in [3.05, 3.63) is 29.8 Å². The Balaban J connectivity index is 1.84. The Morgan fingerprint density at radius 1 is 1.25 bits per heavy atom. The number of piperidine rings is 1. The summed E-state index contributed by atoms with van der Waals surface area (Å²) >= 11 is 0. The zero-order chi connectivity index (χ0) is 14.5. The number of amides is 2. The van der Waals surface area contributed by atoms with E-state index >= 15 is 0 Å². The molecule has 0 saturated carbocycles. The average molecular weight is 276 g/mol. The van der Waals surface area contributed by atoms with E-state index in [2.05, 4.69) is 19.2 Å². The molecule has 1 aromatic rings. The molecule has 0 spiro atoms.